The topological polar surface area (TPSA) is 43.4 Å². The van der Waals surface area contributed by atoms with Crippen molar-refractivity contribution in [3.63, 3.8) is 0 Å². The molecule has 0 aliphatic heterocycles. The molecule has 0 rings (SSSR count). The summed E-state index contributed by atoms with van der Waals surface area (Å²) < 4.78 is 25.6. The maximum Gasteiger partial charge on any atom is 0.149 e. The average Bonchev–Trinajstić information content (AvgIpc) is 2.52. The minimum absolute atomic E-state index is 0.267. The van der Waals surface area contributed by atoms with E-state index in [2.05, 4.69) is 27.7 Å². The lowest BCUT2D eigenvalue weighted by Gasteiger charge is -1.89. The van der Waals surface area contributed by atoms with Gasteiger partial charge in [-0.25, -0.2) is 8.42 Å². The molecule has 3 nitrogen and oxygen atoms in total. The van der Waals surface area contributed by atoms with Crippen LogP contribution in [0.15, 0.2) is 0 Å². The molecule has 0 aromatic carbocycles. The van der Waals surface area contributed by atoms with Crippen LogP contribution in [0, 0.1) is 0 Å². The highest BCUT2D eigenvalue weighted by molar-refractivity contribution is 7.99. The van der Waals surface area contributed by atoms with Crippen LogP contribution >= 0.6 is 11.8 Å². The van der Waals surface area contributed by atoms with E-state index >= 15 is 0 Å². The maximum absolute atomic E-state index is 10.4. The molecule has 140 valence electrons. The number of sulfone groups is 1. The van der Waals surface area contributed by atoms with E-state index in [4.69, 9.17) is 4.74 Å². The van der Waals surface area contributed by atoms with Gasteiger partial charge in [-0.3, -0.25) is 0 Å². The first kappa shape index (κ1) is 30.2. The van der Waals surface area contributed by atoms with Gasteiger partial charge >= 0.3 is 0 Å². The Hall–Kier alpha value is 0.260. The Labute approximate surface area is 145 Å². The Bertz CT molecular complexity index is 210. The third kappa shape index (κ3) is 50.0. The monoisotopic (exact) mass is 358 g/mol. The van der Waals surface area contributed by atoms with E-state index in [1.165, 1.54) is 30.8 Å². The molecule has 0 unspecified atom stereocenters. The van der Waals surface area contributed by atoms with Crippen molar-refractivity contribution in [3.05, 3.63) is 0 Å². The van der Waals surface area contributed by atoms with Gasteiger partial charge in [-0.2, -0.15) is 11.8 Å². The molecule has 0 N–H and O–H groups in total. The van der Waals surface area contributed by atoms with Crippen LogP contribution in [0.3, 0.4) is 0 Å². The molecular formula is C17H42O3S2. The Kier molecular flexibility index (Phi) is 40.2. The fraction of sp³-hybridized carbons (Fsp3) is 1.00. The lowest BCUT2D eigenvalue weighted by Crippen LogP contribution is -2.04. The summed E-state index contributed by atoms with van der Waals surface area (Å²) in [4.78, 5) is 0. The first-order valence-corrected chi connectivity index (χ1v) is 11.7. The smallest absolute Gasteiger partial charge is 0.149 e. The van der Waals surface area contributed by atoms with Gasteiger partial charge in [-0.1, -0.05) is 60.8 Å². The summed E-state index contributed by atoms with van der Waals surface area (Å²) in [6, 6.07) is 0. The van der Waals surface area contributed by atoms with Gasteiger partial charge in [-0.05, 0) is 25.4 Å². The molecular weight excluding hydrogens is 316 g/mol. The molecule has 0 aromatic heterocycles. The zero-order valence-corrected chi connectivity index (χ0v) is 18.0. The number of rotatable bonds is 8. The van der Waals surface area contributed by atoms with Gasteiger partial charge in [0.1, 0.15) is 9.84 Å². The number of thioether (sulfide) groups is 1. The highest BCUT2D eigenvalue weighted by atomic mass is 32.2. The Balaban J connectivity index is -0.0000000995. The maximum atomic E-state index is 10.4. The highest BCUT2D eigenvalue weighted by Gasteiger charge is 1.99. The standard InChI is InChI=1S/C5H12.C4H10O2S.C4H10O.C4H10S/c1-3-5-4-2;1-3-7(5,6)4-2;2*1-3-5-4-2/h3-5H2,1-2H3;3-4H2,1-2H3;2*3-4H2,1-2H3. The fourth-order valence-corrected chi connectivity index (χ4v) is 1.78. The van der Waals surface area contributed by atoms with Crippen molar-refractivity contribution < 1.29 is 13.2 Å². The predicted octanol–water partition coefficient (Wildman–Crippen LogP) is 5.44. The van der Waals surface area contributed by atoms with Crippen LogP contribution in [0.5, 0.6) is 0 Å². The van der Waals surface area contributed by atoms with E-state index in [9.17, 15) is 8.42 Å². The Morgan fingerprint density at radius 3 is 1.09 bits per heavy atom. The van der Waals surface area contributed by atoms with Gasteiger partial charge in [0.25, 0.3) is 0 Å². The van der Waals surface area contributed by atoms with Crippen LogP contribution in [0.25, 0.3) is 0 Å². The molecule has 0 aromatic rings. The SMILES string of the molecule is CCCCC.CCOCC.CCS(=O)(=O)CC.CCSCC. The lowest BCUT2D eigenvalue weighted by atomic mass is 10.3. The summed E-state index contributed by atoms with van der Waals surface area (Å²) in [5, 5.41) is 0. The number of ether oxygens (including phenoxy) is 1. The van der Waals surface area contributed by atoms with Crippen molar-refractivity contribution in [2.24, 2.45) is 0 Å². The molecule has 0 atom stereocenters. The number of hydrogen-bond donors (Lipinski definition) is 0. The average molecular weight is 359 g/mol. The van der Waals surface area contributed by atoms with E-state index in [1.807, 2.05) is 25.6 Å². The highest BCUT2D eigenvalue weighted by Crippen LogP contribution is 1.93. The summed E-state index contributed by atoms with van der Waals surface area (Å²) in [6.45, 7) is 17.7. The lowest BCUT2D eigenvalue weighted by molar-refractivity contribution is 0.162. The summed E-state index contributed by atoms with van der Waals surface area (Å²) in [5.74, 6) is 3.06. The minimum atomic E-state index is -2.66. The molecule has 0 spiro atoms. The van der Waals surface area contributed by atoms with Crippen molar-refractivity contribution >= 4 is 21.6 Å². The van der Waals surface area contributed by atoms with Crippen LogP contribution in [0.1, 0.15) is 74.7 Å². The molecule has 0 aliphatic carbocycles. The Morgan fingerprint density at radius 2 is 1.09 bits per heavy atom. The van der Waals surface area contributed by atoms with Crippen LogP contribution in [-0.2, 0) is 14.6 Å². The van der Waals surface area contributed by atoms with Crippen LogP contribution in [-0.4, -0.2) is 44.6 Å². The van der Waals surface area contributed by atoms with Crippen molar-refractivity contribution in [1.29, 1.82) is 0 Å². The second kappa shape index (κ2) is 29.3. The molecule has 22 heavy (non-hydrogen) atoms. The largest absolute Gasteiger partial charge is 0.382 e. The van der Waals surface area contributed by atoms with Crippen LogP contribution in [0.4, 0.5) is 0 Å². The zero-order valence-electron chi connectivity index (χ0n) is 16.4. The molecule has 0 bridgehead atoms. The second-order valence-corrected chi connectivity index (χ2v) is 8.44. The third-order valence-corrected chi connectivity index (χ3v) is 4.98. The zero-order chi connectivity index (χ0) is 18.3. The molecule has 0 saturated carbocycles. The fourth-order valence-electron chi connectivity index (χ4n) is 0.966. The quantitative estimate of drug-likeness (QED) is 0.579. The second-order valence-electron chi connectivity index (χ2n) is 4.24. The van der Waals surface area contributed by atoms with Crippen LogP contribution in [0.2, 0.25) is 0 Å². The Morgan fingerprint density at radius 1 is 0.727 bits per heavy atom. The predicted molar refractivity (Wildman–Crippen MR) is 106 cm³/mol. The molecule has 5 heteroatoms. The minimum Gasteiger partial charge on any atom is -0.382 e. The molecule has 0 saturated heterocycles. The van der Waals surface area contributed by atoms with E-state index in [0.717, 1.165) is 13.2 Å². The van der Waals surface area contributed by atoms with Crippen molar-refractivity contribution in [2.45, 2.75) is 74.7 Å². The summed E-state index contributed by atoms with van der Waals surface area (Å²) in [7, 11) is -2.66. The molecule has 0 fully saturated rings. The first-order valence-electron chi connectivity index (χ1n) is 8.72. The van der Waals surface area contributed by atoms with Crippen molar-refractivity contribution in [3.8, 4) is 0 Å². The molecule has 0 heterocycles. The first-order chi connectivity index (χ1) is 10.4. The van der Waals surface area contributed by atoms with Gasteiger partial charge in [0.15, 0.2) is 0 Å². The van der Waals surface area contributed by atoms with Gasteiger partial charge in [0.2, 0.25) is 0 Å². The van der Waals surface area contributed by atoms with Gasteiger partial charge in [0.05, 0.1) is 0 Å². The summed E-state index contributed by atoms with van der Waals surface area (Å²) in [6.07, 6.45) is 4.08. The van der Waals surface area contributed by atoms with E-state index in [1.54, 1.807) is 13.8 Å². The summed E-state index contributed by atoms with van der Waals surface area (Å²) in [5.41, 5.74) is 0. The van der Waals surface area contributed by atoms with E-state index in [-0.39, 0.29) is 11.5 Å². The van der Waals surface area contributed by atoms with Crippen LogP contribution < -0.4 is 0 Å². The molecule has 0 amide bonds. The van der Waals surface area contributed by atoms with Gasteiger partial charge < -0.3 is 4.74 Å². The van der Waals surface area contributed by atoms with Crippen molar-refractivity contribution in [1.82, 2.24) is 0 Å². The third-order valence-electron chi connectivity index (χ3n) is 2.40. The van der Waals surface area contributed by atoms with Gasteiger partial charge in [0, 0.05) is 24.7 Å². The summed E-state index contributed by atoms with van der Waals surface area (Å²) >= 11 is 1.96. The van der Waals surface area contributed by atoms with Gasteiger partial charge in [-0.15, -0.1) is 0 Å². The molecule has 0 aliphatic rings. The molecule has 0 radical (unpaired) electrons. The normalized spacial score (nSPS) is 9.45. The number of hydrogen-bond acceptors (Lipinski definition) is 4. The van der Waals surface area contributed by atoms with E-state index in [0.29, 0.717) is 0 Å². The van der Waals surface area contributed by atoms with E-state index < -0.39 is 9.84 Å². The van der Waals surface area contributed by atoms with Crippen molar-refractivity contribution in [2.75, 3.05) is 36.2 Å². The number of unbranched alkanes of at least 4 members (excludes halogenated alkanes) is 2.